The fourth-order valence-corrected chi connectivity index (χ4v) is 2.10. The van der Waals surface area contributed by atoms with Gasteiger partial charge in [-0.3, -0.25) is 4.90 Å². The van der Waals surface area contributed by atoms with Gasteiger partial charge in [0.25, 0.3) is 0 Å². The van der Waals surface area contributed by atoms with Gasteiger partial charge in [-0.05, 0) is 31.3 Å². The Bertz CT molecular complexity index is 205. The number of nitrogens with zero attached hydrogens (tertiary/aromatic N) is 1. The van der Waals surface area contributed by atoms with Crippen molar-refractivity contribution in [2.75, 3.05) is 19.6 Å². The minimum absolute atomic E-state index is 0.100. The maximum Gasteiger partial charge on any atom is 0.0592 e. The van der Waals surface area contributed by atoms with Crippen molar-refractivity contribution >= 4 is 11.6 Å². The molecular weight excluding hydrogens is 198 g/mol. The predicted octanol–water partition coefficient (Wildman–Crippen LogP) is 2.22. The number of likely N-dealkylation sites (tertiary alicyclic amines) is 1. The van der Waals surface area contributed by atoms with E-state index < -0.39 is 0 Å². The standard InChI is InChI=1S/C11H20ClNO/c1-3-10-8-13(5-4-11(10)14)7-9(2)6-12/h6,10-11,14H,3-5,7-8H2,1-2H3. The topological polar surface area (TPSA) is 23.5 Å². The number of halogens is 1. The van der Waals surface area contributed by atoms with Crippen LogP contribution in [-0.2, 0) is 0 Å². The van der Waals surface area contributed by atoms with E-state index in [1.165, 1.54) is 5.57 Å². The van der Waals surface area contributed by atoms with Gasteiger partial charge in [0.15, 0.2) is 0 Å². The van der Waals surface area contributed by atoms with Crippen molar-refractivity contribution in [3.8, 4) is 0 Å². The third-order valence-corrected chi connectivity index (χ3v) is 3.33. The highest BCUT2D eigenvalue weighted by Gasteiger charge is 2.25. The maximum atomic E-state index is 9.71. The molecular formula is C11H20ClNO. The van der Waals surface area contributed by atoms with Gasteiger partial charge in [-0.25, -0.2) is 0 Å². The Balaban J connectivity index is 2.42. The summed E-state index contributed by atoms with van der Waals surface area (Å²) in [6, 6.07) is 0. The van der Waals surface area contributed by atoms with Crippen molar-refractivity contribution in [3.63, 3.8) is 0 Å². The first-order chi connectivity index (χ1) is 6.67. The summed E-state index contributed by atoms with van der Waals surface area (Å²) >= 11 is 5.63. The fourth-order valence-electron chi connectivity index (χ4n) is 2.03. The number of piperidine rings is 1. The molecule has 2 unspecified atom stereocenters. The maximum absolute atomic E-state index is 9.71. The lowest BCUT2D eigenvalue weighted by atomic mass is 9.92. The molecule has 0 aromatic rings. The second-order valence-corrected chi connectivity index (χ2v) is 4.43. The molecule has 0 amide bonds. The Hall–Kier alpha value is -0.0500. The number of aliphatic hydroxyl groups is 1. The molecule has 2 atom stereocenters. The number of hydrogen-bond donors (Lipinski definition) is 1. The van der Waals surface area contributed by atoms with Crippen LogP contribution in [0.3, 0.4) is 0 Å². The van der Waals surface area contributed by atoms with E-state index >= 15 is 0 Å². The minimum atomic E-state index is -0.100. The van der Waals surface area contributed by atoms with Crippen LogP contribution in [0.15, 0.2) is 11.1 Å². The lowest BCUT2D eigenvalue weighted by Gasteiger charge is -2.35. The molecule has 0 aromatic carbocycles. The fraction of sp³-hybridized carbons (Fsp3) is 0.818. The van der Waals surface area contributed by atoms with Crippen molar-refractivity contribution in [2.24, 2.45) is 5.92 Å². The number of rotatable bonds is 3. The largest absolute Gasteiger partial charge is 0.393 e. The van der Waals surface area contributed by atoms with Gasteiger partial charge in [-0.1, -0.05) is 18.5 Å². The Morgan fingerprint density at radius 1 is 1.64 bits per heavy atom. The van der Waals surface area contributed by atoms with E-state index in [1.54, 1.807) is 5.54 Å². The average molecular weight is 218 g/mol. The first-order valence-corrected chi connectivity index (χ1v) is 5.77. The van der Waals surface area contributed by atoms with Crippen molar-refractivity contribution in [2.45, 2.75) is 32.8 Å². The molecule has 82 valence electrons. The summed E-state index contributed by atoms with van der Waals surface area (Å²) in [5, 5.41) is 9.71. The Morgan fingerprint density at radius 3 is 2.93 bits per heavy atom. The van der Waals surface area contributed by atoms with Crippen molar-refractivity contribution in [3.05, 3.63) is 11.1 Å². The van der Waals surface area contributed by atoms with Crippen LogP contribution in [0.4, 0.5) is 0 Å². The van der Waals surface area contributed by atoms with E-state index in [9.17, 15) is 5.11 Å². The highest BCUT2D eigenvalue weighted by atomic mass is 35.5. The number of hydrogen-bond acceptors (Lipinski definition) is 2. The van der Waals surface area contributed by atoms with Crippen LogP contribution in [0.5, 0.6) is 0 Å². The highest BCUT2D eigenvalue weighted by molar-refractivity contribution is 6.25. The molecule has 1 aliphatic rings. The Kier molecular flexibility index (Phi) is 4.93. The zero-order valence-corrected chi connectivity index (χ0v) is 9.80. The minimum Gasteiger partial charge on any atom is -0.393 e. The summed E-state index contributed by atoms with van der Waals surface area (Å²) < 4.78 is 0. The summed E-state index contributed by atoms with van der Waals surface area (Å²) in [4.78, 5) is 2.37. The normalized spacial score (nSPS) is 30.7. The molecule has 1 fully saturated rings. The van der Waals surface area contributed by atoms with Crippen LogP contribution in [0.2, 0.25) is 0 Å². The Morgan fingerprint density at radius 2 is 2.36 bits per heavy atom. The zero-order valence-electron chi connectivity index (χ0n) is 9.04. The summed E-state index contributed by atoms with van der Waals surface area (Å²) in [7, 11) is 0. The van der Waals surface area contributed by atoms with E-state index in [0.29, 0.717) is 5.92 Å². The second kappa shape index (κ2) is 5.74. The van der Waals surface area contributed by atoms with Gasteiger partial charge in [0.1, 0.15) is 0 Å². The molecule has 1 heterocycles. The quantitative estimate of drug-likeness (QED) is 0.784. The van der Waals surface area contributed by atoms with Gasteiger partial charge in [0.2, 0.25) is 0 Å². The SMILES string of the molecule is CCC1CN(CC(C)=CCl)CCC1O. The molecule has 0 aliphatic carbocycles. The molecule has 1 rings (SSSR count). The van der Waals surface area contributed by atoms with E-state index in [1.807, 2.05) is 6.92 Å². The van der Waals surface area contributed by atoms with Crippen molar-refractivity contribution in [1.29, 1.82) is 0 Å². The molecule has 1 aliphatic heterocycles. The van der Waals surface area contributed by atoms with Crippen LogP contribution in [0.1, 0.15) is 26.7 Å². The molecule has 1 N–H and O–H groups in total. The van der Waals surface area contributed by atoms with E-state index in [4.69, 9.17) is 11.6 Å². The Labute approximate surface area is 91.6 Å². The van der Waals surface area contributed by atoms with Gasteiger partial charge in [0.05, 0.1) is 6.10 Å². The highest BCUT2D eigenvalue weighted by Crippen LogP contribution is 2.20. The third-order valence-electron chi connectivity index (χ3n) is 2.96. The molecule has 0 bridgehead atoms. The van der Waals surface area contributed by atoms with Crippen LogP contribution >= 0.6 is 11.6 Å². The summed E-state index contributed by atoms with van der Waals surface area (Å²) in [6.45, 7) is 7.10. The first-order valence-electron chi connectivity index (χ1n) is 5.33. The lowest BCUT2D eigenvalue weighted by molar-refractivity contribution is 0.0286. The van der Waals surface area contributed by atoms with Crippen molar-refractivity contribution in [1.82, 2.24) is 4.90 Å². The molecule has 1 saturated heterocycles. The van der Waals surface area contributed by atoms with Gasteiger partial charge in [-0.15, -0.1) is 0 Å². The monoisotopic (exact) mass is 217 g/mol. The zero-order chi connectivity index (χ0) is 10.6. The molecule has 14 heavy (non-hydrogen) atoms. The third kappa shape index (κ3) is 3.26. The molecule has 0 radical (unpaired) electrons. The summed E-state index contributed by atoms with van der Waals surface area (Å²) in [5.74, 6) is 0.437. The van der Waals surface area contributed by atoms with Crippen LogP contribution < -0.4 is 0 Å². The predicted molar refractivity (Wildman–Crippen MR) is 60.5 cm³/mol. The van der Waals surface area contributed by atoms with Crippen LogP contribution in [0, 0.1) is 5.92 Å². The van der Waals surface area contributed by atoms with Crippen LogP contribution in [0.25, 0.3) is 0 Å². The lowest BCUT2D eigenvalue weighted by Crippen LogP contribution is -2.43. The van der Waals surface area contributed by atoms with Crippen molar-refractivity contribution < 1.29 is 5.11 Å². The van der Waals surface area contributed by atoms with Gasteiger partial charge < -0.3 is 5.11 Å². The first kappa shape index (κ1) is 12.0. The smallest absolute Gasteiger partial charge is 0.0592 e. The molecule has 0 saturated carbocycles. The van der Waals surface area contributed by atoms with E-state index in [0.717, 1.165) is 32.5 Å². The molecule has 0 spiro atoms. The average Bonchev–Trinajstić information content (AvgIpc) is 2.20. The van der Waals surface area contributed by atoms with Crippen LogP contribution in [-0.4, -0.2) is 35.7 Å². The second-order valence-electron chi connectivity index (χ2n) is 4.21. The van der Waals surface area contributed by atoms with Gasteiger partial charge in [0, 0.05) is 25.2 Å². The number of aliphatic hydroxyl groups excluding tert-OH is 1. The summed E-state index contributed by atoms with van der Waals surface area (Å²) in [5.41, 5.74) is 2.84. The summed E-state index contributed by atoms with van der Waals surface area (Å²) in [6.07, 6.45) is 1.85. The molecule has 0 aromatic heterocycles. The molecule has 3 heteroatoms. The van der Waals surface area contributed by atoms with Gasteiger partial charge >= 0.3 is 0 Å². The molecule has 2 nitrogen and oxygen atoms in total. The van der Waals surface area contributed by atoms with E-state index in [-0.39, 0.29) is 6.10 Å². The van der Waals surface area contributed by atoms with Gasteiger partial charge in [-0.2, -0.15) is 0 Å². The van der Waals surface area contributed by atoms with E-state index in [2.05, 4.69) is 11.8 Å².